The third-order valence-electron chi connectivity index (χ3n) is 10.4. The van der Waals surface area contributed by atoms with Crippen molar-refractivity contribution < 1.29 is 12.8 Å². The van der Waals surface area contributed by atoms with Gasteiger partial charge < -0.3 is 4.43 Å². The van der Waals surface area contributed by atoms with Crippen molar-refractivity contribution in [2.75, 3.05) is 10.2 Å². The molecule has 0 radical (unpaired) electrons. The van der Waals surface area contributed by atoms with Gasteiger partial charge in [0, 0.05) is 10.5 Å². The van der Waals surface area contributed by atoms with Crippen LogP contribution < -0.4 is 0 Å². The highest BCUT2D eigenvalue weighted by Gasteiger charge is 2.51. The van der Waals surface area contributed by atoms with E-state index in [0.29, 0.717) is 11.3 Å². The van der Waals surface area contributed by atoms with Crippen LogP contribution >= 0.6 is 22.6 Å². The lowest BCUT2D eigenvalue weighted by atomic mass is 9.61. The fourth-order valence-electron chi connectivity index (χ4n) is 7.43. The standard InChI is InChI=1S/C28H47IO3SSi/c1-19(17-29)24-12-13-25-20(9-8-14-28(24,25)5)15-26-23-16-22(32-34(6,7)27(2,3)4)11-10-21(23)18-33(26,30)31/h15,19,22,24-26H,8-14,16-18H2,1-7H3/b20-15+/t19-,22+,24-,25+,26-,28-/m1/s1. The van der Waals surface area contributed by atoms with Crippen molar-refractivity contribution >= 4 is 40.7 Å². The molecule has 0 unspecified atom stereocenters. The van der Waals surface area contributed by atoms with Crippen molar-refractivity contribution in [2.24, 2.45) is 23.2 Å². The Morgan fingerprint density at radius 2 is 1.91 bits per heavy atom. The lowest BCUT2D eigenvalue weighted by Gasteiger charge is -2.44. The summed E-state index contributed by atoms with van der Waals surface area (Å²) in [7, 11) is -5.02. The van der Waals surface area contributed by atoms with Crippen molar-refractivity contribution in [3.63, 3.8) is 0 Å². The molecule has 3 nitrogen and oxygen atoms in total. The summed E-state index contributed by atoms with van der Waals surface area (Å²) in [4.78, 5) is 0. The van der Waals surface area contributed by atoms with Crippen molar-refractivity contribution in [2.45, 2.75) is 115 Å². The predicted octanol–water partition coefficient (Wildman–Crippen LogP) is 7.87. The first kappa shape index (κ1) is 27.4. The molecule has 1 aliphatic heterocycles. The molecule has 34 heavy (non-hydrogen) atoms. The summed E-state index contributed by atoms with van der Waals surface area (Å²) in [6.45, 7) is 16.4. The summed E-state index contributed by atoms with van der Waals surface area (Å²) in [5.74, 6) is 2.36. The third kappa shape index (κ3) is 4.92. The van der Waals surface area contributed by atoms with E-state index in [0.717, 1.165) is 37.5 Å². The Morgan fingerprint density at radius 3 is 2.56 bits per heavy atom. The Hall–Kier alpha value is 0.337. The van der Waals surface area contributed by atoms with E-state index in [2.05, 4.69) is 76.4 Å². The minimum Gasteiger partial charge on any atom is -0.414 e. The monoisotopic (exact) mass is 618 g/mol. The van der Waals surface area contributed by atoms with Gasteiger partial charge in [-0.25, -0.2) is 8.42 Å². The Kier molecular flexibility index (Phi) is 7.71. The van der Waals surface area contributed by atoms with E-state index in [1.165, 1.54) is 46.8 Å². The molecule has 4 rings (SSSR count). The van der Waals surface area contributed by atoms with Crippen molar-refractivity contribution in [3.05, 3.63) is 22.8 Å². The molecule has 0 spiro atoms. The summed E-state index contributed by atoms with van der Waals surface area (Å²) < 4.78 is 34.8. The molecule has 6 atom stereocenters. The van der Waals surface area contributed by atoms with Crippen LogP contribution in [0.5, 0.6) is 0 Å². The number of hydrogen-bond acceptors (Lipinski definition) is 3. The van der Waals surface area contributed by atoms with E-state index in [1.54, 1.807) is 0 Å². The Morgan fingerprint density at radius 1 is 1.21 bits per heavy atom. The first-order valence-corrected chi connectivity index (χ1v) is 19.7. The molecule has 0 N–H and O–H groups in total. The van der Waals surface area contributed by atoms with Crippen molar-refractivity contribution in [1.82, 2.24) is 0 Å². The van der Waals surface area contributed by atoms with E-state index >= 15 is 0 Å². The molecule has 0 aromatic rings. The topological polar surface area (TPSA) is 43.4 Å². The lowest BCUT2D eigenvalue weighted by molar-refractivity contribution is 0.106. The van der Waals surface area contributed by atoms with Crippen LogP contribution in [0, 0.1) is 23.2 Å². The number of allylic oxidation sites excluding steroid dienone is 1. The fraction of sp³-hybridized carbons (Fsp3) is 0.857. The van der Waals surface area contributed by atoms with Crippen LogP contribution in [-0.2, 0) is 14.3 Å². The Balaban J connectivity index is 1.59. The molecule has 0 aromatic carbocycles. The predicted molar refractivity (Wildman–Crippen MR) is 155 cm³/mol. The summed E-state index contributed by atoms with van der Waals surface area (Å²) in [5.41, 5.74) is 4.21. The smallest absolute Gasteiger partial charge is 0.192 e. The molecule has 0 amide bonds. The van der Waals surface area contributed by atoms with Gasteiger partial charge in [-0.15, -0.1) is 0 Å². The zero-order chi connectivity index (χ0) is 25.1. The van der Waals surface area contributed by atoms with Crippen LogP contribution in [0.1, 0.15) is 86.0 Å². The van der Waals surface area contributed by atoms with E-state index in [-0.39, 0.29) is 16.9 Å². The number of fused-ring (bicyclic) bond motifs is 1. The maximum Gasteiger partial charge on any atom is 0.192 e. The summed E-state index contributed by atoms with van der Waals surface area (Å²) >= 11 is 2.55. The SMILES string of the molecule is C[C@H](CI)[C@H]1CC[C@H]2/C(=C/[C@@H]3C4=C(CC[C@H](O[Si](C)(C)C(C)(C)C)C4)CS3(=O)=O)CCC[C@]12C. The van der Waals surface area contributed by atoms with Crippen LogP contribution in [0.4, 0.5) is 0 Å². The molecule has 1 heterocycles. The van der Waals surface area contributed by atoms with E-state index in [4.69, 9.17) is 4.43 Å². The third-order valence-corrected chi connectivity index (χ3v) is 18.2. The summed E-state index contributed by atoms with van der Waals surface area (Å²) in [5, 5.41) is -0.224. The number of rotatable bonds is 5. The molecule has 0 saturated heterocycles. The molecular formula is C28H47IO3SSi. The fourth-order valence-corrected chi connectivity index (χ4v) is 11.5. The highest BCUT2D eigenvalue weighted by molar-refractivity contribution is 14.1. The second-order valence-corrected chi connectivity index (χ2v) is 21.3. The first-order valence-electron chi connectivity index (χ1n) is 13.6. The largest absolute Gasteiger partial charge is 0.414 e. The summed E-state index contributed by atoms with van der Waals surface area (Å²) in [6, 6.07) is 0. The van der Waals surface area contributed by atoms with E-state index in [1.807, 2.05) is 0 Å². The van der Waals surface area contributed by atoms with Crippen LogP contribution in [0.2, 0.25) is 18.1 Å². The molecule has 6 heteroatoms. The maximum atomic E-state index is 13.4. The van der Waals surface area contributed by atoms with Gasteiger partial charge in [0.15, 0.2) is 18.2 Å². The second kappa shape index (κ2) is 9.58. The lowest BCUT2D eigenvalue weighted by Crippen LogP contribution is -2.44. The Bertz CT molecular complexity index is 961. The number of alkyl halides is 1. The number of sulfone groups is 1. The quantitative estimate of drug-likeness (QED) is 0.136. The minimum absolute atomic E-state index is 0.172. The van der Waals surface area contributed by atoms with Gasteiger partial charge in [-0.1, -0.05) is 74.4 Å². The van der Waals surface area contributed by atoms with Crippen LogP contribution in [0.25, 0.3) is 0 Å². The minimum atomic E-state index is -3.14. The average Bonchev–Trinajstić information content (AvgIpc) is 3.20. The van der Waals surface area contributed by atoms with Gasteiger partial charge in [0.25, 0.3) is 0 Å². The molecule has 4 aliphatic rings. The highest BCUT2D eigenvalue weighted by atomic mass is 127. The normalized spacial score (nSPS) is 38.2. The molecular weight excluding hydrogens is 571 g/mol. The Labute approximate surface area is 224 Å². The van der Waals surface area contributed by atoms with Crippen LogP contribution in [0.15, 0.2) is 22.8 Å². The molecule has 2 saturated carbocycles. The van der Waals surface area contributed by atoms with Crippen molar-refractivity contribution in [1.29, 1.82) is 0 Å². The highest BCUT2D eigenvalue weighted by Crippen LogP contribution is 2.60. The average molecular weight is 619 g/mol. The molecule has 3 aliphatic carbocycles. The summed E-state index contributed by atoms with van der Waals surface area (Å²) in [6.07, 6.45) is 11.2. The van der Waals surface area contributed by atoms with Gasteiger partial charge in [0.2, 0.25) is 0 Å². The molecule has 2 fully saturated rings. The van der Waals surface area contributed by atoms with E-state index < -0.39 is 23.4 Å². The zero-order valence-electron chi connectivity index (χ0n) is 22.5. The molecule has 0 bridgehead atoms. The van der Waals surface area contributed by atoms with Gasteiger partial charge in [0.1, 0.15) is 5.25 Å². The number of halogens is 1. The first-order chi connectivity index (χ1) is 15.7. The molecule has 194 valence electrons. The van der Waals surface area contributed by atoms with E-state index in [9.17, 15) is 8.42 Å². The van der Waals surface area contributed by atoms with Crippen LogP contribution in [0.3, 0.4) is 0 Å². The van der Waals surface area contributed by atoms with Gasteiger partial charge >= 0.3 is 0 Å². The number of hydrogen-bond donors (Lipinski definition) is 0. The maximum absolute atomic E-state index is 13.4. The second-order valence-electron chi connectivity index (χ2n) is 13.6. The van der Waals surface area contributed by atoms with Gasteiger partial charge in [-0.3, -0.25) is 0 Å². The van der Waals surface area contributed by atoms with Crippen LogP contribution in [-0.4, -0.2) is 38.3 Å². The molecule has 0 aromatic heterocycles. The van der Waals surface area contributed by atoms with Gasteiger partial charge in [-0.2, -0.15) is 0 Å². The van der Waals surface area contributed by atoms with Gasteiger partial charge in [0.05, 0.1) is 5.75 Å². The van der Waals surface area contributed by atoms with Gasteiger partial charge in [-0.05, 0) is 98.2 Å². The van der Waals surface area contributed by atoms with Crippen molar-refractivity contribution in [3.8, 4) is 0 Å². The zero-order valence-corrected chi connectivity index (χ0v) is 26.5.